The summed E-state index contributed by atoms with van der Waals surface area (Å²) in [6, 6.07) is 33.3. The van der Waals surface area contributed by atoms with Crippen LogP contribution in [0.5, 0.6) is 5.75 Å². The van der Waals surface area contributed by atoms with Gasteiger partial charge in [-0.15, -0.1) is 0 Å². The van der Waals surface area contributed by atoms with Crippen molar-refractivity contribution < 1.29 is 9.66 Å². The molecule has 0 saturated heterocycles. The van der Waals surface area contributed by atoms with Crippen LogP contribution in [0.3, 0.4) is 0 Å². The number of hydrogen-bond donors (Lipinski definition) is 0. The second kappa shape index (κ2) is 11.1. The highest BCUT2D eigenvalue weighted by molar-refractivity contribution is 9.10. The normalized spacial score (nSPS) is 10.6. The molecule has 0 unspecified atom stereocenters. The zero-order valence-electron chi connectivity index (χ0n) is 20.7. The number of ether oxygens (including phenoxy) is 1. The first-order valence-corrected chi connectivity index (χ1v) is 13.1. The van der Waals surface area contributed by atoms with E-state index in [4.69, 9.17) is 16.3 Å². The average molecular weight is 596 g/mol. The van der Waals surface area contributed by atoms with Gasteiger partial charge in [-0.25, -0.2) is 0 Å². The van der Waals surface area contributed by atoms with E-state index in [2.05, 4.69) is 22.0 Å². The maximum atomic E-state index is 11.7. The summed E-state index contributed by atoms with van der Waals surface area (Å²) >= 11 is 10.6. The average Bonchev–Trinajstić information content (AvgIpc) is 2.97. The molecular formula is C32H20BrClN2O3. The van der Waals surface area contributed by atoms with Gasteiger partial charge >= 0.3 is 0 Å². The lowest BCUT2D eigenvalue weighted by atomic mass is 9.82. The maximum absolute atomic E-state index is 11.7. The number of nitriles is 1. The predicted molar refractivity (Wildman–Crippen MR) is 159 cm³/mol. The Labute approximate surface area is 239 Å². The lowest BCUT2D eigenvalue weighted by molar-refractivity contribution is -0.384. The van der Waals surface area contributed by atoms with E-state index in [0.29, 0.717) is 21.9 Å². The number of nitro groups is 1. The van der Waals surface area contributed by atoms with Crippen LogP contribution in [0.1, 0.15) is 5.56 Å². The lowest BCUT2D eigenvalue weighted by Crippen LogP contribution is -1.98. The second-order valence-electron chi connectivity index (χ2n) is 8.71. The number of benzene rings is 5. The molecule has 0 aliphatic rings. The van der Waals surface area contributed by atoms with Crippen molar-refractivity contribution in [1.29, 1.82) is 5.26 Å². The topological polar surface area (TPSA) is 76.2 Å². The van der Waals surface area contributed by atoms with E-state index in [-0.39, 0.29) is 5.69 Å². The quantitative estimate of drug-likeness (QED) is 0.145. The zero-order valence-corrected chi connectivity index (χ0v) is 23.0. The number of halogens is 2. The van der Waals surface area contributed by atoms with Crippen LogP contribution in [0.4, 0.5) is 5.69 Å². The monoisotopic (exact) mass is 594 g/mol. The Morgan fingerprint density at radius 2 is 1.46 bits per heavy atom. The molecule has 5 rings (SSSR count). The van der Waals surface area contributed by atoms with Gasteiger partial charge in [0.1, 0.15) is 5.75 Å². The minimum atomic E-state index is -0.410. The number of nitrogens with zero attached hydrogens (tertiary/aromatic N) is 2. The van der Waals surface area contributed by atoms with Gasteiger partial charge in [0.2, 0.25) is 0 Å². The van der Waals surface area contributed by atoms with Crippen molar-refractivity contribution in [2.45, 2.75) is 0 Å². The highest BCUT2D eigenvalue weighted by Crippen LogP contribution is 2.51. The summed E-state index contributed by atoms with van der Waals surface area (Å²) < 4.78 is 6.45. The molecule has 0 heterocycles. The Bertz CT molecular complexity index is 1780. The highest BCUT2D eigenvalue weighted by atomic mass is 79.9. The molecule has 0 atom stereocenters. The molecule has 0 N–H and O–H groups in total. The smallest absolute Gasteiger partial charge is 0.270 e. The van der Waals surface area contributed by atoms with Crippen LogP contribution < -0.4 is 4.74 Å². The van der Waals surface area contributed by atoms with E-state index < -0.39 is 4.92 Å². The number of hydrogen-bond acceptors (Lipinski definition) is 4. The van der Waals surface area contributed by atoms with Gasteiger partial charge in [0.25, 0.3) is 5.69 Å². The van der Waals surface area contributed by atoms with Crippen molar-refractivity contribution >= 4 is 33.2 Å². The minimum Gasteiger partial charge on any atom is -0.496 e. The zero-order chi connectivity index (χ0) is 27.5. The Morgan fingerprint density at radius 3 is 2.15 bits per heavy atom. The summed E-state index contributed by atoms with van der Waals surface area (Å²) in [6.07, 6.45) is 0. The Hall–Kier alpha value is -4.44. The van der Waals surface area contributed by atoms with Crippen LogP contribution in [0.15, 0.2) is 108 Å². The van der Waals surface area contributed by atoms with Crippen molar-refractivity contribution in [3.63, 3.8) is 0 Å². The van der Waals surface area contributed by atoms with Crippen molar-refractivity contribution in [3.05, 3.63) is 128 Å². The largest absolute Gasteiger partial charge is 0.496 e. The number of methoxy groups -OCH3 is 1. The summed E-state index contributed by atoms with van der Waals surface area (Å²) in [5.74, 6) is 0.676. The highest BCUT2D eigenvalue weighted by Gasteiger charge is 2.25. The summed E-state index contributed by atoms with van der Waals surface area (Å²) in [5, 5.41) is 21.9. The molecule has 0 bridgehead atoms. The first-order chi connectivity index (χ1) is 18.9. The molecule has 5 nitrogen and oxygen atoms in total. The van der Waals surface area contributed by atoms with Crippen molar-refractivity contribution in [2.75, 3.05) is 7.11 Å². The first kappa shape index (κ1) is 26.2. The Morgan fingerprint density at radius 1 is 0.795 bits per heavy atom. The van der Waals surface area contributed by atoms with Gasteiger partial charge in [0.05, 0.1) is 23.7 Å². The van der Waals surface area contributed by atoms with Crippen molar-refractivity contribution in [2.24, 2.45) is 0 Å². The molecule has 7 heteroatoms. The van der Waals surface area contributed by atoms with Crippen molar-refractivity contribution in [1.82, 2.24) is 0 Å². The minimum absolute atomic E-state index is 0.0219. The molecule has 5 aromatic carbocycles. The molecule has 0 aromatic heterocycles. The predicted octanol–water partition coefficient (Wildman–Crippen LogP) is 9.56. The first-order valence-electron chi connectivity index (χ1n) is 11.9. The summed E-state index contributed by atoms with van der Waals surface area (Å²) in [5.41, 5.74) is 6.68. The number of non-ortho nitro benzene ring substituents is 1. The SMILES string of the molecule is COc1ccccc1-c1cc(Br)c(-c2cccc([N+](=O)[O-])c2)c(-c2ccccc2Cl)c1-c1cccc(C#N)c1. The lowest BCUT2D eigenvalue weighted by Gasteiger charge is -2.23. The Balaban J connectivity index is 2.01. The van der Waals surface area contributed by atoms with Gasteiger partial charge in [-0.3, -0.25) is 10.1 Å². The van der Waals surface area contributed by atoms with E-state index >= 15 is 0 Å². The summed E-state index contributed by atoms with van der Waals surface area (Å²) in [4.78, 5) is 11.3. The number of nitro benzene ring substituents is 1. The van der Waals surface area contributed by atoms with Gasteiger partial charge in [0.15, 0.2) is 0 Å². The molecule has 0 spiro atoms. The molecule has 190 valence electrons. The summed E-state index contributed by atoms with van der Waals surface area (Å²) in [6.45, 7) is 0. The van der Waals surface area contributed by atoms with Gasteiger partial charge < -0.3 is 4.74 Å². The fourth-order valence-corrected chi connectivity index (χ4v) is 5.65. The Kier molecular flexibility index (Phi) is 7.47. The molecule has 5 aromatic rings. The molecule has 39 heavy (non-hydrogen) atoms. The molecule has 0 aliphatic carbocycles. The van der Waals surface area contributed by atoms with Crippen LogP contribution in [-0.2, 0) is 0 Å². The molecular weight excluding hydrogens is 576 g/mol. The molecule has 0 saturated carbocycles. The van der Waals surface area contributed by atoms with Gasteiger partial charge in [-0.1, -0.05) is 88.2 Å². The third kappa shape index (κ3) is 5.03. The fraction of sp³-hybridized carbons (Fsp3) is 0.0312. The number of rotatable bonds is 6. The molecule has 0 aliphatic heterocycles. The van der Waals surface area contributed by atoms with Crippen LogP contribution in [-0.4, -0.2) is 12.0 Å². The third-order valence-corrected chi connectivity index (χ3v) is 7.40. The van der Waals surface area contributed by atoms with E-state index in [1.165, 1.54) is 6.07 Å². The second-order valence-corrected chi connectivity index (χ2v) is 9.97. The van der Waals surface area contributed by atoms with E-state index in [1.54, 1.807) is 25.3 Å². The maximum Gasteiger partial charge on any atom is 0.270 e. The summed E-state index contributed by atoms with van der Waals surface area (Å²) in [7, 11) is 1.62. The van der Waals surface area contributed by atoms with Crippen LogP contribution >= 0.6 is 27.5 Å². The van der Waals surface area contributed by atoms with Gasteiger partial charge in [-0.2, -0.15) is 5.26 Å². The van der Waals surface area contributed by atoms with E-state index in [0.717, 1.165) is 43.4 Å². The van der Waals surface area contributed by atoms with Gasteiger partial charge in [0, 0.05) is 43.9 Å². The van der Waals surface area contributed by atoms with Crippen LogP contribution in [0, 0.1) is 21.4 Å². The van der Waals surface area contributed by atoms with Crippen molar-refractivity contribution in [3.8, 4) is 56.3 Å². The number of para-hydroxylation sites is 1. The van der Waals surface area contributed by atoms with Gasteiger partial charge in [-0.05, 0) is 52.6 Å². The third-order valence-electron chi connectivity index (χ3n) is 6.45. The molecule has 0 fully saturated rings. The van der Waals surface area contributed by atoms with Crippen LogP contribution in [0.2, 0.25) is 5.02 Å². The van der Waals surface area contributed by atoms with E-state index in [9.17, 15) is 15.4 Å². The molecule has 0 amide bonds. The standard InChI is InChI=1S/C32H20BrClN2O3/c1-39-29-15-5-3-12-24(29)26-18-27(33)31(22-10-7-11-23(17-22)36(37)38)32(25-13-2-4-14-28(25)34)30(26)21-9-6-8-20(16-21)19-35/h2-18H,1H3. The fourth-order valence-electron chi connectivity index (χ4n) is 4.76. The molecule has 0 radical (unpaired) electrons. The van der Waals surface area contributed by atoms with Crippen LogP contribution in [0.25, 0.3) is 44.5 Å². The van der Waals surface area contributed by atoms with E-state index in [1.807, 2.05) is 78.9 Å².